The van der Waals surface area contributed by atoms with Gasteiger partial charge in [0.2, 0.25) is 0 Å². The van der Waals surface area contributed by atoms with Gasteiger partial charge in [0, 0.05) is 11.4 Å². The Hall–Kier alpha value is -1.38. The maximum absolute atomic E-state index is 13.0. The highest BCUT2D eigenvalue weighted by atomic mass is 35.5. The summed E-state index contributed by atoms with van der Waals surface area (Å²) in [4.78, 5) is 0. The SMILES string of the molecule is Cc1cc(F)ccc1CC(O)c1ccc(Cl)cc1C. The molecule has 0 radical (unpaired) electrons. The largest absolute Gasteiger partial charge is 0.388 e. The van der Waals surface area contributed by atoms with Gasteiger partial charge in [0.25, 0.3) is 0 Å². The number of rotatable bonds is 3. The first kappa shape index (κ1) is 14.0. The Balaban J connectivity index is 2.23. The van der Waals surface area contributed by atoms with Crippen molar-refractivity contribution in [3.05, 3.63) is 69.5 Å². The second kappa shape index (κ2) is 5.72. The maximum Gasteiger partial charge on any atom is 0.123 e. The summed E-state index contributed by atoms with van der Waals surface area (Å²) in [5, 5.41) is 11.0. The minimum Gasteiger partial charge on any atom is -0.388 e. The standard InChI is InChI=1S/C16H16ClFO/c1-10-8-14(18)5-3-12(10)9-16(19)15-6-4-13(17)7-11(15)2/h3-8,16,19H,9H2,1-2H3. The third-order valence-electron chi connectivity index (χ3n) is 3.31. The Morgan fingerprint density at radius 1 is 1.11 bits per heavy atom. The zero-order valence-corrected chi connectivity index (χ0v) is 11.7. The number of aliphatic hydroxyl groups is 1. The van der Waals surface area contributed by atoms with E-state index >= 15 is 0 Å². The molecule has 1 atom stereocenters. The van der Waals surface area contributed by atoms with Crippen LogP contribution in [0.4, 0.5) is 4.39 Å². The molecule has 0 amide bonds. The smallest absolute Gasteiger partial charge is 0.123 e. The zero-order valence-electron chi connectivity index (χ0n) is 11.0. The summed E-state index contributed by atoms with van der Waals surface area (Å²) in [5.74, 6) is -0.251. The van der Waals surface area contributed by atoms with Crippen LogP contribution in [0.15, 0.2) is 36.4 Å². The topological polar surface area (TPSA) is 20.2 Å². The van der Waals surface area contributed by atoms with Crippen molar-refractivity contribution >= 4 is 11.6 Å². The molecule has 2 aromatic rings. The molecule has 0 saturated carbocycles. The van der Waals surface area contributed by atoms with E-state index in [1.165, 1.54) is 12.1 Å². The normalized spacial score (nSPS) is 12.5. The number of aliphatic hydroxyl groups excluding tert-OH is 1. The summed E-state index contributed by atoms with van der Waals surface area (Å²) < 4.78 is 13.0. The summed E-state index contributed by atoms with van der Waals surface area (Å²) in [7, 11) is 0. The van der Waals surface area contributed by atoms with Gasteiger partial charge in [0.1, 0.15) is 5.82 Å². The molecule has 0 aromatic heterocycles. The van der Waals surface area contributed by atoms with Crippen molar-refractivity contribution in [2.75, 3.05) is 0 Å². The average Bonchev–Trinajstić information content (AvgIpc) is 2.32. The van der Waals surface area contributed by atoms with Crippen LogP contribution in [0.25, 0.3) is 0 Å². The van der Waals surface area contributed by atoms with Crippen LogP contribution in [0.2, 0.25) is 5.02 Å². The van der Waals surface area contributed by atoms with Gasteiger partial charge in [-0.25, -0.2) is 4.39 Å². The van der Waals surface area contributed by atoms with E-state index in [0.717, 1.165) is 22.3 Å². The van der Waals surface area contributed by atoms with Crippen LogP contribution in [0.5, 0.6) is 0 Å². The maximum atomic E-state index is 13.0. The predicted octanol–water partition coefficient (Wildman–Crippen LogP) is 4.37. The van der Waals surface area contributed by atoms with E-state index in [0.29, 0.717) is 11.4 Å². The first-order valence-corrected chi connectivity index (χ1v) is 6.54. The van der Waals surface area contributed by atoms with Crippen molar-refractivity contribution in [1.82, 2.24) is 0 Å². The molecular formula is C16H16ClFO. The summed E-state index contributed by atoms with van der Waals surface area (Å²) in [6.07, 6.45) is -0.143. The number of aryl methyl sites for hydroxylation is 2. The molecule has 0 aliphatic carbocycles. The molecule has 0 bridgehead atoms. The van der Waals surface area contributed by atoms with Crippen molar-refractivity contribution in [2.45, 2.75) is 26.4 Å². The molecule has 0 spiro atoms. The van der Waals surface area contributed by atoms with Crippen LogP contribution in [0, 0.1) is 19.7 Å². The average molecular weight is 279 g/mol. The van der Waals surface area contributed by atoms with Gasteiger partial charge in [-0.05, 0) is 60.4 Å². The summed E-state index contributed by atoms with van der Waals surface area (Å²) in [5.41, 5.74) is 3.61. The van der Waals surface area contributed by atoms with Crippen molar-refractivity contribution in [1.29, 1.82) is 0 Å². The van der Waals surface area contributed by atoms with Crippen molar-refractivity contribution in [3.8, 4) is 0 Å². The van der Waals surface area contributed by atoms with Gasteiger partial charge in [-0.1, -0.05) is 23.7 Å². The van der Waals surface area contributed by atoms with Gasteiger partial charge in [0.05, 0.1) is 6.10 Å². The minimum atomic E-state index is -0.610. The molecule has 0 saturated heterocycles. The quantitative estimate of drug-likeness (QED) is 0.884. The fourth-order valence-electron chi connectivity index (χ4n) is 2.22. The molecule has 0 fully saturated rings. The Bertz CT molecular complexity index is 595. The highest BCUT2D eigenvalue weighted by Crippen LogP contribution is 2.25. The monoisotopic (exact) mass is 278 g/mol. The van der Waals surface area contributed by atoms with Crippen LogP contribution >= 0.6 is 11.6 Å². The Morgan fingerprint density at radius 2 is 1.84 bits per heavy atom. The van der Waals surface area contributed by atoms with E-state index in [4.69, 9.17) is 11.6 Å². The summed E-state index contributed by atoms with van der Waals surface area (Å²) in [6, 6.07) is 10.1. The highest BCUT2D eigenvalue weighted by molar-refractivity contribution is 6.30. The fourth-order valence-corrected chi connectivity index (χ4v) is 2.45. The first-order chi connectivity index (χ1) is 8.97. The van der Waals surface area contributed by atoms with E-state index in [1.807, 2.05) is 26.0 Å². The van der Waals surface area contributed by atoms with Gasteiger partial charge in [-0.3, -0.25) is 0 Å². The molecule has 1 nitrogen and oxygen atoms in total. The van der Waals surface area contributed by atoms with E-state index in [1.54, 1.807) is 12.1 Å². The second-order valence-electron chi connectivity index (χ2n) is 4.79. The van der Waals surface area contributed by atoms with Gasteiger partial charge in [-0.2, -0.15) is 0 Å². The van der Waals surface area contributed by atoms with Crippen molar-refractivity contribution < 1.29 is 9.50 Å². The van der Waals surface area contributed by atoms with Crippen LogP contribution in [0.3, 0.4) is 0 Å². The Morgan fingerprint density at radius 3 is 2.47 bits per heavy atom. The van der Waals surface area contributed by atoms with Crippen LogP contribution in [0.1, 0.15) is 28.4 Å². The number of hydrogen-bond acceptors (Lipinski definition) is 1. The van der Waals surface area contributed by atoms with E-state index in [-0.39, 0.29) is 5.82 Å². The van der Waals surface area contributed by atoms with E-state index in [9.17, 15) is 9.50 Å². The molecule has 1 unspecified atom stereocenters. The van der Waals surface area contributed by atoms with Crippen LogP contribution in [-0.2, 0) is 6.42 Å². The van der Waals surface area contributed by atoms with Gasteiger partial charge >= 0.3 is 0 Å². The van der Waals surface area contributed by atoms with Gasteiger partial charge < -0.3 is 5.11 Å². The lowest BCUT2D eigenvalue weighted by Crippen LogP contribution is -2.05. The Labute approximate surface area is 117 Å². The lowest BCUT2D eigenvalue weighted by atomic mass is 9.95. The predicted molar refractivity (Wildman–Crippen MR) is 76.0 cm³/mol. The lowest BCUT2D eigenvalue weighted by Gasteiger charge is -2.15. The molecule has 3 heteroatoms. The number of benzene rings is 2. The molecule has 0 aliphatic rings. The molecule has 1 N–H and O–H groups in total. The van der Waals surface area contributed by atoms with Gasteiger partial charge in [-0.15, -0.1) is 0 Å². The molecule has 100 valence electrons. The number of halogens is 2. The molecule has 0 aliphatic heterocycles. The molecule has 2 aromatic carbocycles. The molecule has 0 heterocycles. The van der Waals surface area contributed by atoms with Crippen molar-refractivity contribution in [3.63, 3.8) is 0 Å². The summed E-state index contributed by atoms with van der Waals surface area (Å²) in [6.45, 7) is 3.77. The third kappa shape index (κ3) is 3.34. The number of hydrogen-bond donors (Lipinski definition) is 1. The van der Waals surface area contributed by atoms with Crippen molar-refractivity contribution in [2.24, 2.45) is 0 Å². The highest BCUT2D eigenvalue weighted by Gasteiger charge is 2.13. The summed E-state index contributed by atoms with van der Waals surface area (Å²) >= 11 is 5.90. The van der Waals surface area contributed by atoms with Gasteiger partial charge in [0.15, 0.2) is 0 Å². The molecule has 19 heavy (non-hydrogen) atoms. The van der Waals surface area contributed by atoms with E-state index in [2.05, 4.69) is 0 Å². The van der Waals surface area contributed by atoms with E-state index < -0.39 is 6.10 Å². The van der Waals surface area contributed by atoms with Crippen LogP contribution < -0.4 is 0 Å². The first-order valence-electron chi connectivity index (χ1n) is 6.16. The lowest BCUT2D eigenvalue weighted by molar-refractivity contribution is 0.177. The molecule has 2 rings (SSSR count). The third-order valence-corrected chi connectivity index (χ3v) is 3.54. The second-order valence-corrected chi connectivity index (χ2v) is 5.23. The molecular weight excluding hydrogens is 263 g/mol. The minimum absolute atomic E-state index is 0.251. The zero-order chi connectivity index (χ0) is 14.0. The van der Waals surface area contributed by atoms with Crippen LogP contribution in [-0.4, -0.2) is 5.11 Å². The Kier molecular flexibility index (Phi) is 4.23. The fraction of sp³-hybridized carbons (Fsp3) is 0.250.